The molecule has 0 bridgehead atoms. The predicted molar refractivity (Wildman–Crippen MR) is 72.3 cm³/mol. The second-order valence-electron chi connectivity index (χ2n) is 4.11. The molecule has 1 fully saturated rings. The van der Waals surface area contributed by atoms with E-state index in [1.165, 1.54) is 5.56 Å². The van der Waals surface area contributed by atoms with E-state index in [1.807, 2.05) is 36.4 Å². The Hall–Kier alpha value is -0.830. The van der Waals surface area contributed by atoms with Crippen molar-refractivity contribution < 1.29 is 4.74 Å². The van der Waals surface area contributed by atoms with Crippen LogP contribution in [0.25, 0.3) is 0 Å². The summed E-state index contributed by atoms with van der Waals surface area (Å²) in [5.74, 6) is 0. The van der Waals surface area contributed by atoms with E-state index >= 15 is 0 Å². The van der Waals surface area contributed by atoms with Crippen molar-refractivity contribution in [2.24, 2.45) is 0 Å². The van der Waals surface area contributed by atoms with Crippen LogP contribution in [0.15, 0.2) is 53.0 Å². The fourth-order valence-electron chi connectivity index (χ4n) is 2.03. The maximum Gasteiger partial charge on any atom is 0.142 e. The average Bonchev–Trinajstić information content (AvgIpc) is 3.15. The second kappa shape index (κ2) is 4.13. The molecule has 3 rings (SSSR count). The standard InChI is InChI=1S/C14H10BrClO/c15-12-8-11(6-7-13(12)16)14(9-17-14)10-4-2-1-3-5-10/h1-8H,9H2. The maximum atomic E-state index is 6.01. The summed E-state index contributed by atoms with van der Waals surface area (Å²) in [6, 6.07) is 16.2. The molecule has 86 valence electrons. The van der Waals surface area contributed by atoms with Gasteiger partial charge in [0.05, 0.1) is 11.6 Å². The molecule has 1 saturated heterocycles. The Morgan fingerprint density at radius 2 is 1.76 bits per heavy atom. The lowest BCUT2D eigenvalue weighted by molar-refractivity contribution is 0.349. The molecule has 1 nitrogen and oxygen atoms in total. The fourth-order valence-corrected chi connectivity index (χ4v) is 2.52. The third-order valence-electron chi connectivity index (χ3n) is 3.06. The number of benzene rings is 2. The first-order valence-electron chi connectivity index (χ1n) is 5.37. The number of epoxide rings is 1. The van der Waals surface area contributed by atoms with Gasteiger partial charge in [-0.15, -0.1) is 0 Å². The quantitative estimate of drug-likeness (QED) is 0.750. The van der Waals surface area contributed by atoms with Crippen LogP contribution < -0.4 is 0 Å². The first-order valence-corrected chi connectivity index (χ1v) is 6.54. The van der Waals surface area contributed by atoms with Crippen LogP contribution >= 0.6 is 27.5 Å². The molecule has 2 aromatic rings. The Kier molecular flexibility index (Phi) is 2.74. The predicted octanol–water partition coefficient (Wildman–Crippen LogP) is 4.38. The summed E-state index contributed by atoms with van der Waals surface area (Å²) < 4.78 is 6.60. The molecule has 1 aliphatic rings. The number of rotatable bonds is 2. The molecule has 1 atom stereocenters. The van der Waals surface area contributed by atoms with Crippen molar-refractivity contribution >= 4 is 27.5 Å². The van der Waals surface area contributed by atoms with Gasteiger partial charge in [-0.05, 0) is 39.2 Å². The highest BCUT2D eigenvalue weighted by atomic mass is 79.9. The topological polar surface area (TPSA) is 12.5 Å². The first-order chi connectivity index (χ1) is 8.22. The van der Waals surface area contributed by atoms with Crippen molar-refractivity contribution in [2.75, 3.05) is 6.61 Å². The molecule has 0 aliphatic carbocycles. The minimum Gasteiger partial charge on any atom is -0.359 e. The highest BCUT2D eigenvalue weighted by Crippen LogP contribution is 2.46. The zero-order valence-corrected chi connectivity index (χ0v) is 11.3. The van der Waals surface area contributed by atoms with E-state index in [-0.39, 0.29) is 5.60 Å². The Morgan fingerprint density at radius 1 is 1.06 bits per heavy atom. The Balaban J connectivity index is 2.07. The molecule has 0 N–H and O–H groups in total. The van der Waals surface area contributed by atoms with E-state index in [9.17, 15) is 0 Å². The van der Waals surface area contributed by atoms with E-state index in [4.69, 9.17) is 16.3 Å². The van der Waals surface area contributed by atoms with Crippen LogP contribution in [0.1, 0.15) is 11.1 Å². The van der Waals surface area contributed by atoms with Crippen LogP contribution in [-0.4, -0.2) is 6.61 Å². The van der Waals surface area contributed by atoms with Crippen molar-refractivity contribution in [2.45, 2.75) is 5.60 Å². The van der Waals surface area contributed by atoms with Gasteiger partial charge in [0, 0.05) is 4.47 Å². The number of halogens is 2. The van der Waals surface area contributed by atoms with Crippen LogP contribution in [0, 0.1) is 0 Å². The largest absolute Gasteiger partial charge is 0.359 e. The summed E-state index contributed by atoms with van der Waals surface area (Å²) in [5, 5.41) is 0.720. The summed E-state index contributed by atoms with van der Waals surface area (Å²) in [6.45, 7) is 0.727. The molecule has 1 heterocycles. The summed E-state index contributed by atoms with van der Waals surface area (Å²) in [7, 11) is 0. The van der Waals surface area contributed by atoms with Crippen LogP contribution in [-0.2, 0) is 10.3 Å². The summed E-state index contributed by atoms with van der Waals surface area (Å²) in [4.78, 5) is 0. The van der Waals surface area contributed by atoms with Gasteiger partial charge in [-0.1, -0.05) is 48.0 Å². The smallest absolute Gasteiger partial charge is 0.142 e. The Bertz CT molecular complexity index is 549. The molecule has 1 unspecified atom stereocenters. The van der Waals surface area contributed by atoms with Gasteiger partial charge in [-0.3, -0.25) is 0 Å². The minimum atomic E-state index is -0.269. The van der Waals surface area contributed by atoms with E-state index in [1.54, 1.807) is 0 Å². The van der Waals surface area contributed by atoms with Crippen molar-refractivity contribution in [1.29, 1.82) is 0 Å². The molecule has 2 aromatic carbocycles. The van der Waals surface area contributed by atoms with E-state index in [2.05, 4.69) is 28.1 Å². The average molecular weight is 310 g/mol. The van der Waals surface area contributed by atoms with Gasteiger partial charge in [0.1, 0.15) is 5.60 Å². The van der Waals surface area contributed by atoms with E-state index < -0.39 is 0 Å². The zero-order chi connectivity index (χ0) is 11.9. The highest BCUT2D eigenvalue weighted by molar-refractivity contribution is 9.10. The molecule has 1 aliphatic heterocycles. The van der Waals surface area contributed by atoms with Gasteiger partial charge in [0.2, 0.25) is 0 Å². The third kappa shape index (κ3) is 1.90. The molecule has 0 amide bonds. The first kappa shape index (κ1) is 11.3. The highest BCUT2D eigenvalue weighted by Gasteiger charge is 2.48. The maximum absolute atomic E-state index is 6.01. The van der Waals surface area contributed by atoms with Gasteiger partial charge >= 0.3 is 0 Å². The molecule has 17 heavy (non-hydrogen) atoms. The Labute approximate surface area is 113 Å². The lowest BCUT2D eigenvalue weighted by Gasteiger charge is -2.13. The number of hydrogen-bond donors (Lipinski definition) is 0. The second-order valence-corrected chi connectivity index (χ2v) is 5.37. The molecular formula is C14H10BrClO. The lowest BCUT2D eigenvalue weighted by atomic mass is 9.92. The summed E-state index contributed by atoms with van der Waals surface area (Å²) in [5.41, 5.74) is 2.06. The molecule has 0 aromatic heterocycles. The SMILES string of the molecule is Clc1ccc(C2(c3ccccc3)CO2)cc1Br. The van der Waals surface area contributed by atoms with Crippen molar-refractivity contribution in [3.63, 3.8) is 0 Å². The summed E-state index contributed by atoms with van der Waals surface area (Å²) in [6.07, 6.45) is 0. The van der Waals surface area contributed by atoms with Crippen LogP contribution in [0.4, 0.5) is 0 Å². The summed E-state index contributed by atoms with van der Waals surface area (Å²) >= 11 is 9.46. The van der Waals surface area contributed by atoms with Crippen molar-refractivity contribution in [1.82, 2.24) is 0 Å². The number of hydrogen-bond acceptors (Lipinski definition) is 1. The van der Waals surface area contributed by atoms with Crippen LogP contribution in [0.3, 0.4) is 0 Å². The minimum absolute atomic E-state index is 0.269. The zero-order valence-electron chi connectivity index (χ0n) is 8.99. The van der Waals surface area contributed by atoms with Gasteiger partial charge in [0.25, 0.3) is 0 Å². The van der Waals surface area contributed by atoms with Crippen LogP contribution in [0.2, 0.25) is 5.02 Å². The van der Waals surface area contributed by atoms with Crippen molar-refractivity contribution in [3.8, 4) is 0 Å². The van der Waals surface area contributed by atoms with E-state index in [0.717, 1.165) is 21.7 Å². The normalized spacial score (nSPS) is 22.5. The van der Waals surface area contributed by atoms with Crippen molar-refractivity contribution in [3.05, 3.63) is 69.2 Å². The molecule has 0 spiro atoms. The van der Waals surface area contributed by atoms with E-state index in [0.29, 0.717) is 0 Å². The van der Waals surface area contributed by atoms with Gasteiger partial charge < -0.3 is 4.74 Å². The van der Waals surface area contributed by atoms with Crippen LogP contribution in [0.5, 0.6) is 0 Å². The molecule has 0 saturated carbocycles. The van der Waals surface area contributed by atoms with Gasteiger partial charge in [-0.2, -0.15) is 0 Å². The molecule has 3 heteroatoms. The van der Waals surface area contributed by atoms with Gasteiger partial charge in [0.15, 0.2) is 0 Å². The molecule has 0 radical (unpaired) electrons. The monoisotopic (exact) mass is 308 g/mol. The third-order valence-corrected chi connectivity index (χ3v) is 4.27. The molecular weight excluding hydrogens is 300 g/mol. The fraction of sp³-hybridized carbons (Fsp3) is 0.143. The lowest BCUT2D eigenvalue weighted by Crippen LogP contribution is -2.10. The Morgan fingerprint density at radius 3 is 2.35 bits per heavy atom. The number of ether oxygens (including phenoxy) is 1. The van der Waals surface area contributed by atoms with Gasteiger partial charge in [-0.25, -0.2) is 0 Å².